The molecular formula is C16H30N2O2S. The van der Waals surface area contributed by atoms with E-state index in [0.29, 0.717) is 11.5 Å². The molecule has 1 atom stereocenters. The molecule has 1 amide bonds. The van der Waals surface area contributed by atoms with Crippen molar-refractivity contribution in [3.8, 4) is 0 Å². The van der Waals surface area contributed by atoms with Gasteiger partial charge in [0.1, 0.15) is 0 Å². The van der Waals surface area contributed by atoms with Gasteiger partial charge in [-0.3, -0.25) is 4.79 Å². The maximum atomic E-state index is 12.6. The number of nitrogens with two attached hydrogens (primary N) is 1. The molecule has 0 aliphatic carbocycles. The second-order valence-electron chi connectivity index (χ2n) is 5.98. The molecule has 0 aromatic heterocycles. The summed E-state index contributed by atoms with van der Waals surface area (Å²) in [6, 6.07) is 0. The molecule has 0 bridgehead atoms. The SMILES string of the molecule is CCCC(CCC)(C(=O)NCCC1CCCCO1)C(N)=S. The number of hydrogen-bond acceptors (Lipinski definition) is 3. The van der Waals surface area contributed by atoms with Gasteiger partial charge in [0.05, 0.1) is 16.5 Å². The van der Waals surface area contributed by atoms with E-state index < -0.39 is 5.41 Å². The molecule has 1 saturated heterocycles. The van der Waals surface area contributed by atoms with Crippen LogP contribution < -0.4 is 11.1 Å². The van der Waals surface area contributed by atoms with E-state index in [-0.39, 0.29) is 12.0 Å². The van der Waals surface area contributed by atoms with Gasteiger partial charge >= 0.3 is 0 Å². The van der Waals surface area contributed by atoms with Gasteiger partial charge in [0.2, 0.25) is 5.91 Å². The summed E-state index contributed by atoms with van der Waals surface area (Å²) in [5, 5.41) is 3.04. The van der Waals surface area contributed by atoms with E-state index in [9.17, 15) is 4.79 Å². The lowest BCUT2D eigenvalue weighted by atomic mass is 9.78. The van der Waals surface area contributed by atoms with E-state index in [1.807, 2.05) is 0 Å². The fourth-order valence-corrected chi connectivity index (χ4v) is 3.41. The standard InChI is InChI=1S/C16H30N2O2S/c1-3-9-16(10-4-2,14(17)21)15(19)18-11-8-13-7-5-6-12-20-13/h13H,3-12H2,1-2H3,(H2,17,21)(H,18,19). The Morgan fingerprint density at radius 2 is 2.00 bits per heavy atom. The van der Waals surface area contributed by atoms with E-state index in [0.717, 1.165) is 51.6 Å². The maximum Gasteiger partial charge on any atom is 0.233 e. The van der Waals surface area contributed by atoms with Crippen LogP contribution in [0.4, 0.5) is 0 Å². The summed E-state index contributed by atoms with van der Waals surface area (Å²) in [5.74, 6) is -0.00508. The first kappa shape index (κ1) is 18.4. The zero-order chi connectivity index (χ0) is 15.7. The number of ether oxygens (including phenoxy) is 1. The molecule has 0 aromatic rings. The van der Waals surface area contributed by atoms with Crippen molar-refractivity contribution in [2.45, 2.75) is 71.3 Å². The summed E-state index contributed by atoms with van der Waals surface area (Å²) in [7, 11) is 0. The summed E-state index contributed by atoms with van der Waals surface area (Å²) < 4.78 is 5.69. The van der Waals surface area contributed by atoms with Crippen molar-refractivity contribution >= 4 is 23.1 Å². The third-order valence-electron chi connectivity index (χ3n) is 4.29. The highest BCUT2D eigenvalue weighted by atomic mass is 32.1. The van der Waals surface area contributed by atoms with Gasteiger partial charge in [-0.2, -0.15) is 0 Å². The van der Waals surface area contributed by atoms with Crippen LogP contribution in [0.25, 0.3) is 0 Å². The van der Waals surface area contributed by atoms with Crippen LogP contribution in [-0.4, -0.2) is 30.2 Å². The fourth-order valence-electron chi connectivity index (χ4n) is 3.11. The first-order valence-corrected chi connectivity index (χ1v) is 8.67. The van der Waals surface area contributed by atoms with Crippen LogP contribution in [0.5, 0.6) is 0 Å². The Balaban J connectivity index is 2.52. The van der Waals surface area contributed by atoms with E-state index in [4.69, 9.17) is 22.7 Å². The normalized spacial score (nSPS) is 19.2. The molecule has 0 radical (unpaired) electrons. The van der Waals surface area contributed by atoms with Gasteiger partial charge in [0.25, 0.3) is 0 Å². The van der Waals surface area contributed by atoms with Crippen molar-refractivity contribution in [1.29, 1.82) is 0 Å². The Bertz CT molecular complexity index is 335. The van der Waals surface area contributed by atoms with Crippen molar-refractivity contribution in [3.63, 3.8) is 0 Å². The van der Waals surface area contributed by atoms with E-state index >= 15 is 0 Å². The third kappa shape index (κ3) is 5.22. The highest BCUT2D eigenvalue weighted by Gasteiger charge is 2.39. The molecule has 3 N–H and O–H groups in total. The van der Waals surface area contributed by atoms with Gasteiger partial charge < -0.3 is 15.8 Å². The molecule has 122 valence electrons. The Hall–Kier alpha value is -0.680. The predicted molar refractivity (Wildman–Crippen MR) is 90.3 cm³/mol. The summed E-state index contributed by atoms with van der Waals surface area (Å²) in [6.45, 7) is 5.61. The Morgan fingerprint density at radius 1 is 1.33 bits per heavy atom. The molecular weight excluding hydrogens is 284 g/mol. The Kier molecular flexibility index (Phi) is 8.19. The monoisotopic (exact) mass is 314 g/mol. The minimum atomic E-state index is -0.674. The van der Waals surface area contributed by atoms with Crippen molar-refractivity contribution in [2.24, 2.45) is 11.1 Å². The van der Waals surface area contributed by atoms with Gasteiger partial charge in [-0.1, -0.05) is 38.9 Å². The average molecular weight is 314 g/mol. The summed E-state index contributed by atoms with van der Waals surface area (Å²) >= 11 is 5.20. The Labute approximate surface area is 134 Å². The molecule has 4 nitrogen and oxygen atoms in total. The Morgan fingerprint density at radius 3 is 2.48 bits per heavy atom. The number of carbonyl (C=O) groups is 1. The molecule has 0 spiro atoms. The number of carbonyl (C=O) groups excluding carboxylic acids is 1. The summed E-state index contributed by atoms with van der Waals surface area (Å²) in [4.78, 5) is 12.9. The molecule has 1 rings (SSSR count). The van der Waals surface area contributed by atoms with Gasteiger partial charge in [0.15, 0.2) is 0 Å². The third-order valence-corrected chi connectivity index (χ3v) is 4.68. The summed E-state index contributed by atoms with van der Waals surface area (Å²) in [5.41, 5.74) is 5.23. The van der Waals surface area contributed by atoms with Crippen LogP contribution in [0, 0.1) is 5.41 Å². The molecule has 21 heavy (non-hydrogen) atoms. The highest BCUT2D eigenvalue weighted by Crippen LogP contribution is 2.31. The lowest BCUT2D eigenvalue weighted by Crippen LogP contribution is -2.49. The van der Waals surface area contributed by atoms with Crippen LogP contribution in [0.3, 0.4) is 0 Å². The number of rotatable bonds is 9. The van der Waals surface area contributed by atoms with E-state index in [1.54, 1.807) is 0 Å². The highest BCUT2D eigenvalue weighted by molar-refractivity contribution is 7.80. The fraction of sp³-hybridized carbons (Fsp3) is 0.875. The first-order chi connectivity index (χ1) is 10.1. The molecule has 0 aromatic carbocycles. The van der Waals surface area contributed by atoms with Gasteiger partial charge in [0, 0.05) is 13.2 Å². The number of amides is 1. The number of thiocarbonyl (C=S) groups is 1. The van der Waals surface area contributed by atoms with Crippen LogP contribution in [0.2, 0.25) is 0 Å². The summed E-state index contributed by atoms with van der Waals surface area (Å²) in [6.07, 6.45) is 7.88. The zero-order valence-electron chi connectivity index (χ0n) is 13.5. The van der Waals surface area contributed by atoms with E-state index in [2.05, 4.69) is 19.2 Å². The van der Waals surface area contributed by atoms with Crippen LogP contribution in [0.1, 0.15) is 65.2 Å². The predicted octanol–water partition coefficient (Wildman–Crippen LogP) is 2.93. The molecule has 1 aliphatic rings. The van der Waals surface area contributed by atoms with Gasteiger partial charge in [-0.05, 0) is 38.5 Å². The molecule has 5 heteroatoms. The van der Waals surface area contributed by atoms with E-state index in [1.165, 1.54) is 6.42 Å². The minimum absolute atomic E-state index is 0.00508. The molecule has 1 aliphatic heterocycles. The first-order valence-electron chi connectivity index (χ1n) is 8.26. The van der Waals surface area contributed by atoms with Crippen LogP contribution in [0.15, 0.2) is 0 Å². The molecule has 1 fully saturated rings. The van der Waals surface area contributed by atoms with Crippen molar-refractivity contribution in [3.05, 3.63) is 0 Å². The number of hydrogen-bond donors (Lipinski definition) is 2. The maximum absolute atomic E-state index is 12.6. The molecule has 1 heterocycles. The lowest BCUT2D eigenvalue weighted by Gasteiger charge is -2.31. The minimum Gasteiger partial charge on any atom is -0.392 e. The van der Waals surface area contributed by atoms with Gasteiger partial charge in [-0.15, -0.1) is 0 Å². The molecule has 0 saturated carbocycles. The number of nitrogens with one attached hydrogen (secondary N) is 1. The van der Waals surface area contributed by atoms with Crippen molar-refractivity contribution in [2.75, 3.05) is 13.2 Å². The van der Waals surface area contributed by atoms with Gasteiger partial charge in [-0.25, -0.2) is 0 Å². The second kappa shape index (κ2) is 9.36. The largest absolute Gasteiger partial charge is 0.392 e. The van der Waals surface area contributed by atoms with Crippen molar-refractivity contribution < 1.29 is 9.53 Å². The molecule has 1 unspecified atom stereocenters. The topological polar surface area (TPSA) is 64.3 Å². The zero-order valence-corrected chi connectivity index (χ0v) is 14.3. The van der Waals surface area contributed by atoms with Crippen molar-refractivity contribution in [1.82, 2.24) is 5.32 Å². The van der Waals surface area contributed by atoms with Crippen LogP contribution >= 0.6 is 12.2 Å². The quantitative estimate of drug-likeness (QED) is 0.642. The lowest BCUT2D eigenvalue weighted by molar-refractivity contribution is -0.128. The van der Waals surface area contributed by atoms with Crippen LogP contribution in [-0.2, 0) is 9.53 Å². The second-order valence-corrected chi connectivity index (χ2v) is 6.42. The smallest absolute Gasteiger partial charge is 0.233 e. The average Bonchev–Trinajstić information content (AvgIpc) is 2.47.